The first kappa shape index (κ1) is 15.8. The van der Waals surface area contributed by atoms with Crippen LogP contribution in [0.3, 0.4) is 0 Å². The molecular weight excluding hydrogens is 314 g/mol. The molecule has 21 heavy (non-hydrogen) atoms. The minimum Gasteiger partial charge on any atom is -0.466 e. The van der Waals surface area contributed by atoms with Crippen LogP contribution >= 0.6 is 22.9 Å². The average molecular weight is 330 g/mol. The summed E-state index contributed by atoms with van der Waals surface area (Å²) < 4.78 is 4.45. The number of carbonyl (C=O) groups excluding carboxylic acids is 2. The molecule has 1 N–H and O–H groups in total. The fraction of sp³-hybridized carbons (Fsp3) is 0.462. The number of nitrogens with zero attached hydrogens (tertiary/aromatic N) is 2. The van der Waals surface area contributed by atoms with E-state index in [4.69, 9.17) is 11.6 Å². The fourth-order valence-electron chi connectivity index (χ4n) is 1.93. The number of rotatable bonds is 5. The Bertz CT molecular complexity index is 553. The number of amides is 1. The van der Waals surface area contributed by atoms with E-state index in [0.717, 1.165) is 31.1 Å². The smallest absolute Gasteiger partial charge is 0.330 e. The van der Waals surface area contributed by atoms with Crippen molar-refractivity contribution in [2.45, 2.75) is 12.8 Å². The second kappa shape index (κ2) is 7.42. The molecule has 0 unspecified atom stereocenters. The van der Waals surface area contributed by atoms with Gasteiger partial charge in [-0.15, -0.1) is 0 Å². The summed E-state index contributed by atoms with van der Waals surface area (Å²) in [5.74, 6) is -0.756. The predicted molar refractivity (Wildman–Crippen MR) is 82.1 cm³/mol. The maximum Gasteiger partial charge on any atom is 0.330 e. The summed E-state index contributed by atoms with van der Waals surface area (Å²) in [5, 5.41) is 3.66. The third-order valence-corrected chi connectivity index (χ3v) is 4.49. The first-order chi connectivity index (χ1) is 10.1. The number of hydrogen-bond donors (Lipinski definition) is 1. The molecule has 0 atom stereocenters. The van der Waals surface area contributed by atoms with Crippen LogP contribution in [0.4, 0.5) is 5.13 Å². The van der Waals surface area contributed by atoms with Crippen LogP contribution in [0.5, 0.6) is 0 Å². The van der Waals surface area contributed by atoms with Crippen LogP contribution in [-0.4, -0.2) is 43.6 Å². The molecule has 1 aliphatic heterocycles. The van der Waals surface area contributed by atoms with Crippen LogP contribution in [0.15, 0.2) is 12.2 Å². The van der Waals surface area contributed by atoms with Crippen LogP contribution in [0.1, 0.15) is 22.5 Å². The third-order valence-electron chi connectivity index (χ3n) is 2.99. The van der Waals surface area contributed by atoms with Crippen molar-refractivity contribution in [3.63, 3.8) is 0 Å². The summed E-state index contributed by atoms with van der Waals surface area (Å²) in [4.78, 5) is 29.7. The molecule has 1 aromatic rings. The SMILES string of the molecule is COC(=O)/C=C/CNC(=O)c1sc(N2CCCC2)nc1Cl. The van der Waals surface area contributed by atoms with Crippen LogP contribution < -0.4 is 10.2 Å². The zero-order valence-corrected chi connectivity index (χ0v) is 13.2. The number of hydrogen-bond acceptors (Lipinski definition) is 6. The number of halogens is 1. The summed E-state index contributed by atoms with van der Waals surface area (Å²) in [6.45, 7) is 2.13. The van der Waals surface area contributed by atoms with E-state index in [-0.39, 0.29) is 17.6 Å². The van der Waals surface area contributed by atoms with E-state index in [1.165, 1.54) is 30.6 Å². The Labute approximate surface area is 131 Å². The highest BCUT2D eigenvalue weighted by Gasteiger charge is 2.21. The number of esters is 1. The van der Waals surface area contributed by atoms with E-state index in [1.807, 2.05) is 0 Å². The topological polar surface area (TPSA) is 71.5 Å². The molecule has 2 rings (SSSR count). The number of methoxy groups -OCH3 is 1. The average Bonchev–Trinajstić information content (AvgIpc) is 3.12. The van der Waals surface area contributed by atoms with Gasteiger partial charge in [0.25, 0.3) is 5.91 Å². The van der Waals surface area contributed by atoms with E-state index in [0.29, 0.717) is 4.88 Å². The van der Waals surface area contributed by atoms with Gasteiger partial charge in [0.05, 0.1) is 7.11 Å². The lowest BCUT2D eigenvalue weighted by atomic mass is 10.4. The van der Waals surface area contributed by atoms with E-state index >= 15 is 0 Å². The first-order valence-electron chi connectivity index (χ1n) is 6.55. The lowest BCUT2D eigenvalue weighted by molar-refractivity contribution is -0.134. The molecule has 1 aromatic heterocycles. The van der Waals surface area contributed by atoms with Crippen molar-refractivity contribution < 1.29 is 14.3 Å². The zero-order valence-electron chi connectivity index (χ0n) is 11.6. The number of aromatic nitrogens is 1. The number of anilines is 1. The first-order valence-corrected chi connectivity index (χ1v) is 7.75. The van der Waals surface area contributed by atoms with Crippen molar-refractivity contribution >= 4 is 39.9 Å². The quantitative estimate of drug-likeness (QED) is 0.659. The highest BCUT2D eigenvalue weighted by molar-refractivity contribution is 7.18. The zero-order chi connectivity index (χ0) is 15.2. The minimum atomic E-state index is -0.462. The Morgan fingerprint density at radius 1 is 1.48 bits per heavy atom. The molecule has 0 saturated carbocycles. The van der Waals surface area contributed by atoms with Gasteiger partial charge < -0.3 is 15.0 Å². The van der Waals surface area contributed by atoms with Gasteiger partial charge in [-0.1, -0.05) is 29.0 Å². The van der Waals surface area contributed by atoms with Crippen molar-refractivity contribution in [3.8, 4) is 0 Å². The Morgan fingerprint density at radius 3 is 2.86 bits per heavy atom. The Kier molecular flexibility index (Phi) is 5.58. The van der Waals surface area contributed by atoms with Crippen molar-refractivity contribution in [3.05, 3.63) is 22.2 Å². The van der Waals surface area contributed by atoms with Gasteiger partial charge in [0.2, 0.25) is 0 Å². The monoisotopic (exact) mass is 329 g/mol. The Balaban J connectivity index is 1.93. The van der Waals surface area contributed by atoms with Crippen LogP contribution in [-0.2, 0) is 9.53 Å². The molecule has 0 radical (unpaired) electrons. The van der Waals surface area contributed by atoms with Gasteiger partial charge in [0.1, 0.15) is 4.88 Å². The second-order valence-electron chi connectivity index (χ2n) is 4.45. The molecule has 1 aliphatic rings. The lowest BCUT2D eigenvalue weighted by Crippen LogP contribution is -2.22. The van der Waals surface area contributed by atoms with Gasteiger partial charge >= 0.3 is 5.97 Å². The maximum absolute atomic E-state index is 12.0. The van der Waals surface area contributed by atoms with Crippen LogP contribution in [0, 0.1) is 0 Å². The van der Waals surface area contributed by atoms with Gasteiger partial charge in [-0.2, -0.15) is 0 Å². The van der Waals surface area contributed by atoms with E-state index in [2.05, 4.69) is 19.9 Å². The molecule has 0 bridgehead atoms. The molecule has 8 heteroatoms. The highest BCUT2D eigenvalue weighted by atomic mass is 35.5. The van der Waals surface area contributed by atoms with Crippen LogP contribution in [0.25, 0.3) is 0 Å². The predicted octanol–water partition coefficient (Wildman–Crippen LogP) is 1.86. The summed E-state index contributed by atoms with van der Waals surface area (Å²) in [6, 6.07) is 0. The maximum atomic E-state index is 12.0. The normalized spacial score (nSPS) is 14.7. The third kappa shape index (κ3) is 4.18. The molecular formula is C13H16ClN3O3S. The van der Waals surface area contributed by atoms with E-state index in [9.17, 15) is 9.59 Å². The number of carbonyl (C=O) groups is 2. The largest absolute Gasteiger partial charge is 0.466 e. The summed E-state index contributed by atoms with van der Waals surface area (Å²) >= 11 is 7.31. The van der Waals surface area contributed by atoms with Crippen LogP contribution in [0.2, 0.25) is 5.15 Å². The molecule has 0 aromatic carbocycles. The Hall–Kier alpha value is -1.60. The standard InChI is InChI=1S/C13H16ClN3O3S/c1-20-9(18)5-4-6-15-12(19)10-11(14)16-13(21-10)17-7-2-3-8-17/h4-5H,2-3,6-8H2,1H3,(H,15,19)/b5-4+. The highest BCUT2D eigenvalue weighted by Crippen LogP contribution is 2.31. The summed E-state index contributed by atoms with van der Waals surface area (Å²) in [7, 11) is 1.29. The van der Waals surface area contributed by atoms with E-state index < -0.39 is 5.97 Å². The number of nitrogens with one attached hydrogen (secondary N) is 1. The van der Waals surface area contributed by atoms with Crippen molar-refractivity contribution in [1.82, 2.24) is 10.3 Å². The minimum absolute atomic E-state index is 0.219. The molecule has 1 saturated heterocycles. The Morgan fingerprint density at radius 2 is 2.19 bits per heavy atom. The second-order valence-corrected chi connectivity index (χ2v) is 5.78. The molecule has 1 fully saturated rings. The molecule has 0 aliphatic carbocycles. The summed E-state index contributed by atoms with van der Waals surface area (Å²) in [6.07, 6.45) is 5.04. The van der Waals surface area contributed by atoms with Crippen molar-refractivity contribution in [2.75, 3.05) is 31.6 Å². The van der Waals surface area contributed by atoms with Gasteiger partial charge in [0.15, 0.2) is 10.3 Å². The van der Waals surface area contributed by atoms with Gasteiger partial charge in [0, 0.05) is 25.7 Å². The van der Waals surface area contributed by atoms with Crippen molar-refractivity contribution in [2.24, 2.45) is 0 Å². The number of thiazole rings is 1. The fourth-order valence-corrected chi connectivity index (χ4v) is 3.19. The van der Waals surface area contributed by atoms with Crippen molar-refractivity contribution in [1.29, 1.82) is 0 Å². The van der Waals surface area contributed by atoms with Gasteiger partial charge in [-0.25, -0.2) is 9.78 Å². The molecule has 2 heterocycles. The van der Waals surface area contributed by atoms with Gasteiger partial charge in [-0.3, -0.25) is 4.79 Å². The molecule has 114 valence electrons. The number of ether oxygens (including phenoxy) is 1. The summed E-state index contributed by atoms with van der Waals surface area (Å²) in [5.41, 5.74) is 0. The lowest BCUT2D eigenvalue weighted by Gasteiger charge is -2.11. The molecule has 6 nitrogen and oxygen atoms in total. The molecule has 0 spiro atoms. The molecule has 1 amide bonds. The van der Waals surface area contributed by atoms with Gasteiger partial charge in [-0.05, 0) is 12.8 Å². The van der Waals surface area contributed by atoms with E-state index in [1.54, 1.807) is 0 Å².